The third kappa shape index (κ3) is 4.98. The molecule has 2 aromatic carbocycles. The van der Waals surface area contributed by atoms with Gasteiger partial charge in [-0.15, -0.1) is 0 Å². The highest BCUT2D eigenvalue weighted by Gasteiger charge is 2.26. The number of amides is 1. The maximum atomic E-state index is 13.8. The fraction of sp³-hybridized carbons (Fsp3) is 0.286. The minimum atomic E-state index is -0.250. The number of benzene rings is 2. The van der Waals surface area contributed by atoms with Crippen LogP contribution in [0.1, 0.15) is 30.0 Å². The Bertz CT molecular complexity index is 1360. The summed E-state index contributed by atoms with van der Waals surface area (Å²) in [6.45, 7) is 3.18. The molecule has 0 radical (unpaired) electrons. The summed E-state index contributed by atoms with van der Waals surface area (Å²) in [4.78, 5) is 23.7. The van der Waals surface area contributed by atoms with E-state index in [9.17, 15) is 9.18 Å². The van der Waals surface area contributed by atoms with E-state index in [2.05, 4.69) is 9.97 Å². The number of piperidine rings is 1. The standard InChI is InChI=1S/C28H28FN5O2/c1-19-14-22(8-9-23(19)29)25-15-26(21-6-4-3-5-7-21)34(32-25)17-28(35)33-12-10-20(11-13-33)24-16-27(36-2)31-18-30-24/h3-9,14-16,18,20H,10-13,17H2,1-2H3. The van der Waals surface area contributed by atoms with Gasteiger partial charge in [0.05, 0.1) is 24.2 Å². The van der Waals surface area contributed by atoms with Crippen LogP contribution in [0.2, 0.25) is 0 Å². The number of ether oxygens (including phenoxy) is 1. The number of carbonyl (C=O) groups is 1. The molecular formula is C28H28FN5O2. The number of methoxy groups -OCH3 is 1. The van der Waals surface area contributed by atoms with Gasteiger partial charge >= 0.3 is 0 Å². The molecule has 1 saturated heterocycles. The van der Waals surface area contributed by atoms with Crippen LogP contribution in [-0.4, -0.2) is 50.8 Å². The van der Waals surface area contributed by atoms with Crippen LogP contribution >= 0.6 is 0 Å². The van der Waals surface area contributed by atoms with Crippen LogP contribution in [0, 0.1) is 12.7 Å². The summed E-state index contributed by atoms with van der Waals surface area (Å²) in [5, 5.41) is 4.76. The third-order valence-electron chi connectivity index (χ3n) is 6.73. The van der Waals surface area contributed by atoms with E-state index in [4.69, 9.17) is 9.84 Å². The molecule has 0 atom stereocenters. The number of aryl methyl sites for hydroxylation is 1. The summed E-state index contributed by atoms with van der Waals surface area (Å²) in [5.41, 5.74) is 4.86. The largest absolute Gasteiger partial charge is 0.481 e. The van der Waals surface area contributed by atoms with Crippen molar-refractivity contribution in [2.24, 2.45) is 0 Å². The van der Waals surface area contributed by atoms with Crippen LogP contribution in [0.3, 0.4) is 0 Å². The first-order valence-corrected chi connectivity index (χ1v) is 12.1. The van der Waals surface area contributed by atoms with E-state index in [1.165, 1.54) is 12.4 Å². The van der Waals surface area contributed by atoms with Crippen LogP contribution in [0.4, 0.5) is 4.39 Å². The number of hydrogen-bond donors (Lipinski definition) is 0. The molecule has 1 aliphatic rings. The molecule has 2 aromatic heterocycles. The molecule has 36 heavy (non-hydrogen) atoms. The zero-order chi connectivity index (χ0) is 25.1. The lowest BCUT2D eigenvalue weighted by Crippen LogP contribution is -2.40. The van der Waals surface area contributed by atoms with E-state index < -0.39 is 0 Å². The highest BCUT2D eigenvalue weighted by Crippen LogP contribution is 2.30. The van der Waals surface area contributed by atoms with Gasteiger partial charge in [0.1, 0.15) is 18.7 Å². The maximum Gasteiger partial charge on any atom is 0.244 e. The van der Waals surface area contributed by atoms with Gasteiger partial charge in [0.15, 0.2) is 0 Å². The number of halogens is 1. The zero-order valence-corrected chi connectivity index (χ0v) is 20.4. The fourth-order valence-electron chi connectivity index (χ4n) is 4.66. The normalized spacial score (nSPS) is 14.1. The van der Waals surface area contributed by atoms with E-state index in [1.807, 2.05) is 47.4 Å². The SMILES string of the molecule is COc1cc(C2CCN(C(=O)Cn3nc(-c4ccc(F)c(C)c4)cc3-c3ccccc3)CC2)ncn1. The quantitative estimate of drug-likeness (QED) is 0.390. The molecule has 5 rings (SSSR count). The second-order valence-electron chi connectivity index (χ2n) is 9.04. The molecule has 0 spiro atoms. The monoisotopic (exact) mass is 485 g/mol. The van der Waals surface area contributed by atoms with Crippen LogP contribution < -0.4 is 4.74 Å². The lowest BCUT2D eigenvalue weighted by molar-refractivity contribution is -0.133. The molecule has 0 saturated carbocycles. The van der Waals surface area contributed by atoms with E-state index in [1.54, 1.807) is 30.8 Å². The van der Waals surface area contributed by atoms with Crippen LogP contribution in [0.25, 0.3) is 22.5 Å². The minimum absolute atomic E-state index is 0.0239. The number of hydrogen-bond acceptors (Lipinski definition) is 5. The highest BCUT2D eigenvalue weighted by molar-refractivity contribution is 5.78. The molecule has 0 aliphatic carbocycles. The van der Waals surface area contributed by atoms with Crippen molar-refractivity contribution in [2.75, 3.05) is 20.2 Å². The third-order valence-corrected chi connectivity index (χ3v) is 6.73. The number of carbonyl (C=O) groups excluding carboxylic acids is 1. The van der Waals surface area contributed by atoms with Gasteiger partial charge in [0.25, 0.3) is 0 Å². The summed E-state index contributed by atoms with van der Waals surface area (Å²) in [6.07, 6.45) is 3.18. The van der Waals surface area contributed by atoms with Crippen LogP contribution in [0.5, 0.6) is 5.88 Å². The summed E-state index contributed by atoms with van der Waals surface area (Å²) >= 11 is 0. The molecule has 0 bridgehead atoms. The van der Waals surface area contributed by atoms with Crippen molar-refractivity contribution in [2.45, 2.75) is 32.2 Å². The van der Waals surface area contributed by atoms with Crippen molar-refractivity contribution < 1.29 is 13.9 Å². The Labute approximate surface area is 209 Å². The van der Waals surface area contributed by atoms with E-state index in [0.29, 0.717) is 30.2 Å². The van der Waals surface area contributed by atoms with Gasteiger partial charge in [-0.1, -0.05) is 30.3 Å². The summed E-state index contributed by atoms with van der Waals surface area (Å²) in [6, 6.07) is 18.7. The van der Waals surface area contributed by atoms with Gasteiger partial charge in [0.2, 0.25) is 11.8 Å². The molecule has 7 nitrogen and oxygen atoms in total. The van der Waals surface area contributed by atoms with Crippen molar-refractivity contribution in [1.82, 2.24) is 24.6 Å². The molecule has 1 aliphatic heterocycles. The second-order valence-corrected chi connectivity index (χ2v) is 9.04. The zero-order valence-electron chi connectivity index (χ0n) is 20.4. The lowest BCUT2D eigenvalue weighted by Gasteiger charge is -2.32. The molecule has 4 aromatic rings. The predicted molar refractivity (Wildman–Crippen MR) is 135 cm³/mol. The molecular weight excluding hydrogens is 457 g/mol. The summed E-state index contributed by atoms with van der Waals surface area (Å²) in [5.74, 6) is 0.595. The van der Waals surface area contributed by atoms with Crippen molar-refractivity contribution in [3.8, 4) is 28.4 Å². The van der Waals surface area contributed by atoms with E-state index in [0.717, 1.165) is 35.4 Å². The van der Waals surface area contributed by atoms with Crippen molar-refractivity contribution >= 4 is 5.91 Å². The Balaban J connectivity index is 1.34. The van der Waals surface area contributed by atoms with Gasteiger partial charge in [-0.2, -0.15) is 5.10 Å². The predicted octanol–water partition coefficient (Wildman–Crippen LogP) is 4.87. The molecule has 3 heterocycles. The fourth-order valence-corrected chi connectivity index (χ4v) is 4.66. The van der Waals surface area contributed by atoms with Gasteiger partial charge in [0, 0.05) is 30.6 Å². The number of aromatic nitrogens is 4. The smallest absolute Gasteiger partial charge is 0.244 e. The first-order chi connectivity index (χ1) is 17.5. The number of likely N-dealkylation sites (tertiary alicyclic amines) is 1. The molecule has 184 valence electrons. The highest BCUT2D eigenvalue weighted by atomic mass is 19.1. The Morgan fingerprint density at radius 2 is 1.81 bits per heavy atom. The lowest BCUT2D eigenvalue weighted by atomic mass is 9.93. The Morgan fingerprint density at radius 3 is 2.53 bits per heavy atom. The first-order valence-electron chi connectivity index (χ1n) is 12.1. The second kappa shape index (κ2) is 10.3. The summed E-state index contributed by atoms with van der Waals surface area (Å²) in [7, 11) is 1.59. The molecule has 1 fully saturated rings. The molecule has 0 N–H and O–H groups in total. The number of nitrogens with zero attached hydrogens (tertiary/aromatic N) is 5. The average Bonchev–Trinajstić information content (AvgIpc) is 3.34. The van der Waals surface area contributed by atoms with Gasteiger partial charge < -0.3 is 9.64 Å². The van der Waals surface area contributed by atoms with Crippen molar-refractivity contribution in [3.63, 3.8) is 0 Å². The topological polar surface area (TPSA) is 73.1 Å². The Morgan fingerprint density at radius 1 is 1.03 bits per heavy atom. The minimum Gasteiger partial charge on any atom is -0.481 e. The van der Waals surface area contributed by atoms with E-state index in [-0.39, 0.29) is 24.2 Å². The Kier molecular flexibility index (Phi) is 6.75. The average molecular weight is 486 g/mol. The van der Waals surface area contributed by atoms with Gasteiger partial charge in [-0.05, 0) is 55.2 Å². The first kappa shape index (κ1) is 23.7. The summed E-state index contributed by atoms with van der Waals surface area (Å²) < 4.78 is 20.8. The Hall–Kier alpha value is -4.07. The van der Waals surface area contributed by atoms with Crippen LogP contribution in [0.15, 0.2) is 67.0 Å². The number of rotatable bonds is 6. The van der Waals surface area contributed by atoms with Crippen LogP contribution in [-0.2, 0) is 11.3 Å². The van der Waals surface area contributed by atoms with Crippen molar-refractivity contribution in [1.29, 1.82) is 0 Å². The molecule has 8 heteroatoms. The van der Waals surface area contributed by atoms with Gasteiger partial charge in [-0.3, -0.25) is 9.48 Å². The van der Waals surface area contributed by atoms with Crippen molar-refractivity contribution in [3.05, 3.63) is 84.1 Å². The molecule has 1 amide bonds. The van der Waals surface area contributed by atoms with E-state index >= 15 is 0 Å². The van der Waals surface area contributed by atoms with Gasteiger partial charge in [-0.25, -0.2) is 14.4 Å². The molecule has 0 unspecified atom stereocenters. The maximum absolute atomic E-state index is 13.8.